The molecule has 0 bridgehead atoms. The topological polar surface area (TPSA) is 15.3 Å². The van der Waals surface area contributed by atoms with Crippen LogP contribution in [0.25, 0.3) is 0 Å². The molecule has 1 aliphatic rings. The molecule has 5 heteroatoms. The van der Waals surface area contributed by atoms with E-state index in [9.17, 15) is 4.39 Å². The lowest BCUT2D eigenvalue weighted by atomic mass is 9.86. The van der Waals surface area contributed by atoms with E-state index >= 15 is 0 Å². The van der Waals surface area contributed by atoms with Crippen molar-refractivity contribution in [1.82, 2.24) is 10.2 Å². The van der Waals surface area contributed by atoms with Gasteiger partial charge in [0.2, 0.25) is 0 Å². The normalized spacial score (nSPS) is 17.5. The van der Waals surface area contributed by atoms with Gasteiger partial charge in [0, 0.05) is 26.2 Å². The Labute approximate surface area is 140 Å². The summed E-state index contributed by atoms with van der Waals surface area (Å²) in [5.41, 5.74) is 2.55. The number of piperazine rings is 1. The maximum atomic E-state index is 13.4. The predicted octanol–water partition coefficient (Wildman–Crippen LogP) is 3.74. The van der Waals surface area contributed by atoms with Crippen molar-refractivity contribution in [2.75, 3.05) is 32.9 Å². The molecule has 1 aliphatic heterocycles. The highest BCUT2D eigenvalue weighted by Crippen LogP contribution is 2.26. The van der Waals surface area contributed by atoms with Crippen molar-refractivity contribution < 1.29 is 4.39 Å². The average molecular weight is 337 g/mol. The fraction of sp³-hybridized carbons (Fsp3) is 0.625. The van der Waals surface area contributed by atoms with Crippen LogP contribution in [-0.4, -0.2) is 37.8 Å². The van der Waals surface area contributed by atoms with Gasteiger partial charge in [-0.3, -0.25) is 4.90 Å². The van der Waals surface area contributed by atoms with Gasteiger partial charge in [-0.2, -0.15) is 0 Å². The van der Waals surface area contributed by atoms with Gasteiger partial charge < -0.3 is 5.32 Å². The maximum Gasteiger partial charge on any atom is 0.109 e. The van der Waals surface area contributed by atoms with Crippen molar-refractivity contribution in [1.29, 1.82) is 0 Å². The first-order valence-corrected chi connectivity index (χ1v) is 7.13. The van der Waals surface area contributed by atoms with Crippen LogP contribution in [0.15, 0.2) is 24.3 Å². The average Bonchev–Trinajstić information content (AvgIpc) is 2.40. The van der Waals surface area contributed by atoms with Crippen LogP contribution in [0.4, 0.5) is 4.39 Å². The zero-order valence-electron chi connectivity index (χ0n) is 13.1. The summed E-state index contributed by atoms with van der Waals surface area (Å²) in [6.07, 6.45) is 0. The van der Waals surface area contributed by atoms with E-state index in [0.717, 1.165) is 31.7 Å². The Kier molecular flexibility index (Phi) is 8.79. The molecule has 1 aromatic rings. The van der Waals surface area contributed by atoms with Crippen LogP contribution >= 0.6 is 24.8 Å². The van der Waals surface area contributed by atoms with Crippen LogP contribution < -0.4 is 5.32 Å². The first-order chi connectivity index (χ1) is 9.02. The van der Waals surface area contributed by atoms with Crippen molar-refractivity contribution in [3.05, 3.63) is 35.4 Å². The first kappa shape index (κ1) is 20.6. The van der Waals surface area contributed by atoms with E-state index in [-0.39, 0.29) is 42.9 Å². The number of hydrogen-bond acceptors (Lipinski definition) is 2. The van der Waals surface area contributed by atoms with Gasteiger partial charge >= 0.3 is 0 Å². The number of rotatable bonds is 3. The van der Waals surface area contributed by atoms with Crippen LogP contribution in [0.1, 0.15) is 37.9 Å². The van der Waals surface area contributed by atoms with Crippen molar-refractivity contribution in [3.63, 3.8) is 0 Å². The fourth-order valence-electron chi connectivity index (χ4n) is 2.60. The maximum absolute atomic E-state index is 13.4. The lowest BCUT2D eigenvalue weighted by molar-refractivity contribution is 0.147. The van der Waals surface area contributed by atoms with E-state index in [1.807, 2.05) is 0 Å². The number of halogens is 3. The molecule has 0 aliphatic carbocycles. The Balaban J connectivity index is 0.00000200. The third-order valence-electron chi connectivity index (χ3n) is 3.90. The monoisotopic (exact) mass is 336 g/mol. The standard InChI is InChI=1S/C16H25FN2.2ClH/c1-16(2,3)14-6-4-13(5-7-14)15(12-17)19-10-8-18-9-11-19;;/h4-7,15,18H,8-12H2,1-3H3;2*1H/t15-;;/m1../s1. The Morgan fingerprint density at radius 3 is 2.05 bits per heavy atom. The summed E-state index contributed by atoms with van der Waals surface area (Å²) in [5.74, 6) is 0. The Morgan fingerprint density at radius 1 is 1.10 bits per heavy atom. The summed E-state index contributed by atoms with van der Waals surface area (Å²) in [6.45, 7) is 10.0. The van der Waals surface area contributed by atoms with Gasteiger partial charge in [-0.25, -0.2) is 4.39 Å². The second-order valence-corrected chi connectivity index (χ2v) is 6.33. The summed E-state index contributed by atoms with van der Waals surface area (Å²) in [4.78, 5) is 2.24. The lowest BCUT2D eigenvalue weighted by Crippen LogP contribution is -2.45. The van der Waals surface area contributed by atoms with Gasteiger partial charge in [0.05, 0.1) is 6.04 Å². The van der Waals surface area contributed by atoms with Crippen LogP contribution in [0.3, 0.4) is 0 Å². The molecule has 2 nitrogen and oxygen atoms in total. The minimum atomic E-state index is -0.311. The minimum absolute atomic E-state index is 0. The van der Waals surface area contributed by atoms with Crippen LogP contribution in [0, 0.1) is 0 Å². The molecule has 21 heavy (non-hydrogen) atoms. The number of nitrogens with one attached hydrogen (secondary N) is 1. The molecule has 1 fully saturated rings. The van der Waals surface area contributed by atoms with E-state index in [0.29, 0.717) is 0 Å². The van der Waals surface area contributed by atoms with Crippen molar-refractivity contribution in [3.8, 4) is 0 Å². The van der Waals surface area contributed by atoms with Crippen molar-refractivity contribution in [2.24, 2.45) is 0 Å². The predicted molar refractivity (Wildman–Crippen MR) is 92.8 cm³/mol. The molecular formula is C16H27Cl2FN2. The Morgan fingerprint density at radius 2 is 1.62 bits per heavy atom. The molecule has 0 amide bonds. The van der Waals surface area contributed by atoms with Gasteiger partial charge in [0.1, 0.15) is 6.67 Å². The van der Waals surface area contributed by atoms with Crippen molar-refractivity contribution in [2.45, 2.75) is 32.2 Å². The van der Waals surface area contributed by atoms with Gasteiger partial charge in [-0.1, -0.05) is 45.0 Å². The summed E-state index contributed by atoms with van der Waals surface area (Å²) < 4.78 is 13.4. The molecule has 1 N–H and O–H groups in total. The molecule has 1 saturated heterocycles. The number of benzene rings is 1. The smallest absolute Gasteiger partial charge is 0.109 e. The number of hydrogen-bond donors (Lipinski definition) is 1. The third-order valence-corrected chi connectivity index (χ3v) is 3.90. The quantitative estimate of drug-likeness (QED) is 0.904. The number of alkyl halides is 1. The minimum Gasteiger partial charge on any atom is -0.314 e. The molecule has 122 valence electrons. The second kappa shape index (κ2) is 8.94. The van der Waals surface area contributed by atoms with Gasteiger partial charge in [0.15, 0.2) is 0 Å². The van der Waals surface area contributed by atoms with E-state index in [2.05, 4.69) is 55.3 Å². The zero-order valence-corrected chi connectivity index (χ0v) is 14.7. The Hall–Kier alpha value is -0.350. The number of nitrogens with zero attached hydrogens (tertiary/aromatic N) is 1. The van der Waals surface area contributed by atoms with Crippen LogP contribution in [0.5, 0.6) is 0 Å². The highest BCUT2D eigenvalue weighted by atomic mass is 35.5. The Bertz CT molecular complexity index is 398. The first-order valence-electron chi connectivity index (χ1n) is 7.13. The van der Waals surface area contributed by atoms with Crippen LogP contribution in [0.2, 0.25) is 0 Å². The summed E-state index contributed by atoms with van der Waals surface area (Å²) in [6, 6.07) is 8.37. The largest absolute Gasteiger partial charge is 0.314 e. The second-order valence-electron chi connectivity index (χ2n) is 6.33. The highest BCUT2D eigenvalue weighted by molar-refractivity contribution is 5.85. The zero-order chi connectivity index (χ0) is 13.9. The third kappa shape index (κ3) is 5.41. The lowest BCUT2D eigenvalue weighted by Gasteiger charge is -2.34. The molecule has 2 rings (SSSR count). The molecule has 0 spiro atoms. The SMILES string of the molecule is CC(C)(C)c1ccc([C@@H](CF)N2CCNCC2)cc1.Cl.Cl. The molecule has 0 saturated carbocycles. The summed E-state index contributed by atoms with van der Waals surface area (Å²) in [7, 11) is 0. The molecule has 0 radical (unpaired) electrons. The molecule has 1 heterocycles. The summed E-state index contributed by atoms with van der Waals surface area (Å²) >= 11 is 0. The van der Waals surface area contributed by atoms with Gasteiger partial charge in [-0.15, -0.1) is 24.8 Å². The van der Waals surface area contributed by atoms with E-state index in [1.165, 1.54) is 5.56 Å². The van der Waals surface area contributed by atoms with Gasteiger partial charge in [-0.05, 0) is 16.5 Å². The molecular weight excluding hydrogens is 310 g/mol. The van der Waals surface area contributed by atoms with E-state index in [1.54, 1.807) is 0 Å². The summed E-state index contributed by atoms with van der Waals surface area (Å²) in [5, 5.41) is 3.31. The molecule has 0 unspecified atom stereocenters. The molecule has 0 aromatic heterocycles. The van der Waals surface area contributed by atoms with Gasteiger partial charge in [0.25, 0.3) is 0 Å². The van der Waals surface area contributed by atoms with E-state index < -0.39 is 0 Å². The highest BCUT2D eigenvalue weighted by Gasteiger charge is 2.22. The van der Waals surface area contributed by atoms with E-state index in [4.69, 9.17) is 0 Å². The fourth-order valence-corrected chi connectivity index (χ4v) is 2.60. The molecule has 1 aromatic carbocycles. The molecule has 1 atom stereocenters. The van der Waals surface area contributed by atoms with Crippen molar-refractivity contribution >= 4 is 24.8 Å². The van der Waals surface area contributed by atoms with Crippen LogP contribution in [-0.2, 0) is 5.41 Å².